The lowest BCUT2D eigenvalue weighted by atomic mass is 10.0. The number of rotatable bonds is 8. The smallest absolute Gasteiger partial charge is 0.245 e. The summed E-state index contributed by atoms with van der Waals surface area (Å²) in [5.41, 5.74) is 3.07. The van der Waals surface area contributed by atoms with Crippen LogP contribution in [0.2, 0.25) is 0 Å². The molecule has 1 unspecified atom stereocenters. The molecule has 1 aliphatic carbocycles. The van der Waals surface area contributed by atoms with E-state index in [9.17, 15) is 14.4 Å². The van der Waals surface area contributed by atoms with E-state index in [1.54, 1.807) is 29.1 Å². The van der Waals surface area contributed by atoms with Crippen molar-refractivity contribution in [3.8, 4) is 11.1 Å². The summed E-state index contributed by atoms with van der Waals surface area (Å²) < 4.78 is 7.04. The molecule has 0 bridgehead atoms. The average molecular weight is 533 g/mol. The summed E-state index contributed by atoms with van der Waals surface area (Å²) >= 11 is 0. The van der Waals surface area contributed by atoms with Crippen LogP contribution in [0.4, 0.5) is 0 Å². The number of hydrogen-bond donors (Lipinski definition) is 1. The number of Topliss-reactive ketones (excluding diaryl/α,β-unsaturated/α-hetero) is 1. The van der Waals surface area contributed by atoms with Crippen LogP contribution in [0.1, 0.15) is 62.4 Å². The van der Waals surface area contributed by atoms with Gasteiger partial charge in [0, 0.05) is 50.0 Å². The number of nitrogens with one attached hydrogen (secondary N) is 1. The highest BCUT2D eigenvalue weighted by molar-refractivity contribution is 6.07. The van der Waals surface area contributed by atoms with Gasteiger partial charge >= 0.3 is 0 Å². The number of ketones is 1. The minimum Gasteiger partial charge on any atom is -0.377 e. The van der Waals surface area contributed by atoms with Crippen LogP contribution in [0, 0.1) is 19.3 Å². The number of ether oxygens (including phenoxy) is 1. The molecule has 3 atom stereocenters. The minimum atomic E-state index is -0.544. The molecule has 1 aliphatic heterocycles. The van der Waals surface area contributed by atoms with Crippen LogP contribution in [-0.4, -0.2) is 73.6 Å². The maximum Gasteiger partial charge on any atom is 0.245 e. The van der Waals surface area contributed by atoms with Crippen LogP contribution in [0.3, 0.4) is 0 Å². The number of aryl methyl sites for hydroxylation is 2. The third kappa shape index (κ3) is 4.93. The highest BCUT2D eigenvalue weighted by Crippen LogP contribution is 2.59. The van der Waals surface area contributed by atoms with Crippen molar-refractivity contribution in [1.29, 1.82) is 0 Å². The summed E-state index contributed by atoms with van der Waals surface area (Å²) in [7, 11) is 1.61. The van der Waals surface area contributed by atoms with Gasteiger partial charge in [0.05, 0.1) is 11.1 Å². The molecule has 10 nitrogen and oxygen atoms in total. The zero-order chi connectivity index (χ0) is 28.3. The molecule has 1 saturated carbocycles. The largest absolute Gasteiger partial charge is 0.377 e. The molecular weight excluding hydrogens is 496 g/mol. The lowest BCUT2D eigenvalue weighted by Gasteiger charge is -2.29. The normalized spacial score (nSPS) is 22.2. The van der Waals surface area contributed by atoms with Crippen molar-refractivity contribution >= 4 is 28.5 Å². The molecule has 2 aromatic heterocycles. The molecule has 3 aromatic rings. The Morgan fingerprint density at radius 2 is 1.82 bits per heavy atom. The maximum absolute atomic E-state index is 13.8. The Kier molecular flexibility index (Phi) is 6.57. The molecular formula is C29H36N6O4. The first-order valence-corrected chi connectivity index (χ1v) is 13.3. The number of nitrogens with zero attached hydrogens (tertiary/aromatic N) is 5. The second-order valence-electron chi connectivity index (χ2n) is 11.8. The van der Waals surface area contributed by atoms with Gasteiger partial charge in [-0.1, -0.05) is 6.92 Å². The number of amides is 2. The second-order valence-corrected chi connectivity index (χ2v) is 11.8. The van der Waals surface area contributed by atoms with Crippen molar-refractivity contribution in [3.63, 3.8) is 0 Å². The van der Waals surface area contributed by atoms with E-state index in [1.807, 2.05) is 39.8 Å². The Hall–Kier alpha value is -3.66. The highest BCUT2D eigenvalue weighted by Gasteiger charge is 2.64. The van der Waals surface area contributed by atoms with Crippen molar-refractivity contribution in [3.05, 3.63) is 41.6 Å². The Bertz CT molecular complexity index is 1480. The summed E-state index contributed by atoms with van der Waals surface area (Å²) in [6, 6.07) is 3.38. The summed E-state index contributed by atoms with van der Waals surface area (Å²) in [6.45, 7) is 11.5. The molecule has 2 fully saturated rings. The number of carbonyl (C=O) groups excluding carboxylic acids is 3. The van der Waals surface area contributed by atoms with Gasteiger partial charge in [-0.05, 0) is 69.2 Å². The van der Waals surface area contributed by atoms with Crippen LogP contribution in [-0.2, 0) is 20.9 Å². The van der Waals surface area contributed by atoms with Crippen molar-refractivity contribution in [2.24, 2.45) is 5.41 Å². The van der Waals surface area contributed by atoms with E-state index in [0.29, 0.717) is 29.9 Å². The average Bonchev–Trinajstić information content (AvgIpc) is 3.24. The Morgan fingerprint density at radius 3 is 2.46 bits per heavy atom. The Morgan fingerprint density at radius 1 is 1.13 bits per heavy atom. The molecule has 0 spiro atoms. The van der Waals surface area contributed by atoms with E-state index in [-0.39, 0.29) is 35.6 Å². The fourth-order valence-electron chi connectivity index (χ4n) is 5.67. The predicted octanol–water partition coefficient (Wildman–Crippen LogP) is 3.23. The van der Waals surface area contributed by atoms with Crippen LogP contribution >= 0.6 is 0 Å². The summed E-state index contributed by atoms with van der Waals surface area (Å²) in [6.07, 6.45) is 5.01. The van der Waals surface area contributed by atoms with E-state index in [1.165, 1.54) is 6.92 Å². The van der Waals surface area contributed by atoms with Gasteiger partial charge in [0.15, 0.2) is 5.78 Å². The number of methoxy groups -OCH3 is 1. The van der Waals surface area contributed by atoms with Gasteiger partial charge in [-0.25, -0.2) is 9.97 Å². The third-order valence-corrected chi connectivity index (χ3v) is 8.23. The molecule has 5 rings (SSSR count). The van der Waals surface area contributed by atoms with Gasteiger partial charge in [0.25, 0.3) is 0 Å². The number of likely N-dealkylation sites (tertiary alicyclic amines) is 1. The quantitative estimate of drug-likeness (QED) is 0.442. The number of benzene rings is 1. The number of piperidine rings is 1. The van der Waals surface area contributed by atoms with Gasteiger partial charge in [-0.15, -0.1) is 0 Å². The van der Waals surface area contributed by atoms with Crippen LogP contribution in [0.15, 0.2) is 24.5 Å². The number of carbonyl (C=O) groups is 3. The SMILES string of the molecule is COC(C)(C)CNC(=O)[C@@H]1C[C@@]2(C)CC2N1C(=O)Cn1nc(C(C)=O)c2cc(-c3cnc(C)nc3)cc(C)c21. The molecule has 3 heterocycles. The van der Waals surface area contributed by atoms with Crippen molar-refractivity contribution in [1.82, 2.24) is 30.0 Å². The lowest BCUT2D eigenvalue weighted by Crippen LogP contribution is -2.51. The molecule has 2 aliphatic rings. The van der Waals surface area contributed by atoms with E-state index in [4.69, 9.17) is 4.74 Å². The maximum atomic E-state index is 13.8. The fraction of sp³-hybridized carbons (Fsp3) is 0.517. The molecule has 1 saturated heterocycles. The standard InChI is InChI=1S/C29H36N6O4/c1-16-8-19(20-12-30-18(3)31-13-20)9-21-25(17(2)36)33-34(26(16)21)14-24(37)35-22(10-29(6)11-23(29)35)27(38)32-15-28(4,5)39-7/h8-9,12-13,22-23H,10-11,14-15H2,1-7H3,(H,32,38)/t22-,23?,29-/m0/s1. The third-order valence-electron chi connectivity index (χ3n) is 8.23. The topological polar surface area (TPSA) is 119 Å². The molecule has 10 heteroatoms. The van der Waals surface area contributed by atoms with Gasteiger partial charge in [-0.2, -0.15) is 5.10 Å². The summed E-state index contributed by atoms with van der Waals surface area (Å²) in [5.74, 6) is 0.146. The van der Waals surface area contributed by atoms with Crippen LogP contribution in [0.25, 0.3) is 22.0 Å². The predicted molar refractivity (Wildman–Crippen MR) is 146 cm³/mol. The lowest BCUT2D eigenvalue weighted by molar-refractivity contribution is -0.140. The fourth-order valence-corrected chi connectivity index (χ4v) is 5.67. The monoisotopic (exact) mass is 532 g/mol. The number of hydrogen-bond acceptors (Lipinski definition) is 7. The number of fused-ring (bicyclic) bond motifs is 2. The van der Waals surface area contributed by atoms with E-state index in [2.05, 4.69) is 27.3 Å². The zero-order valence-electron chi connectivity index (χ0n) is 23.7. The molecule has 206 valence electrons. The van der Waals surface area contributed by atoms with E-state index >= 15 is 0 Å². The Balaban J connectivity index is 1.45. The van der Waals surface area contributed by atoms with Crippen molar-refractivity contribution in [2.75, 3.05) is 13.7 Å². The first-order valence-electron chi connectivity index (χ1n) is 13.3. The molecule has 0 radical (unpaired) electrons. The van der Waals surface area contributed by atoms with Crippen molar-refractivity contribution < 1.29 is 19.1 Å². The van der Waals surface area contributed by atoms with Crippen molar-refractivity contribution in [2.45, 2.75) is 78.6 Å². The second kappa shape index (κ2) is 9.51. The molecule has 39 heavy (non-hydrogen) atoms. The van der Waals surface area contributed by atoms with Gasteiger partial charge in [0.2, 0.25) is 11.8 Å². The highest BCUT2D eigenvalue weighted by atomic mass is 16.5. The van der Waals surface area contributed by atoms with E-state index < -0.39 is 11.6 Å². The van der Waals surface area contributed by atoms with Crippen LogP contribution < -0.4 is 5.32 Å². The van der Waals surface area contributed by atoms with E-state index in [0.717, 1.165) is 28.6 Å². The number of aromatic nitrogens is 4. The van der Waals surface area contributed by atoms with Gasteiger partial charge in [0.1, 0.15) is 24.1 Å². The molecule has 1 aromatic carbocycles. The summed E-state index contributed by atoms with van der Waals surface area (Å²) in [4.78, 5) is 49.9. The van der Waals surface area contributed by atoms with Crippen LogP contribution in [0.5, 0.6) is 0 Å². The van der Waals surface area contributed by atoms with Gasteiger partial charge < -0.3 is 15.0 Å². The Labute approximate surface area is 228 Å². The zero-order valence-corrected chi connectivity index (χ0v) is 23.7. The first-order chi connectivity index (χ1) is 18.3. The first kappa shape index (κ1) is 26.9. The molecule has 2 amide bonds. The molecule has 1 N–H and O–H groups in total. The summed E-state index contributed by atoms with van der Waals surface area (Å²) in [5, 5.41) is 8.24. The van der Waals surface area contributed by atoms with Gasteiger partial charge in [-0.3, -0.25) is 19.1 Å². The minimum absolute atomic E-state index is 0.0273.